The number of likely N-dealkylation sites (N-methyl/N-ethyl adjacent to an activating group) is 2. The Morgan fingerprint density at radius 3 is 2.25 bits per heavy atom. The quantitative estimate of drug-likeness (QED) is 0.108. The molecule has 4 aliphatic rings. The van der Waals surface area contributed by atoms with Crippen LogP contribution in [0.2, 0.25) is 0 Å². The van der Waals surface area contributed by atoms with E-state index in [0.717, 1.165) is 12.8 Å². The second-order valence-corrected chi connectivity index (χ2v) is 23.0. The van der Waals surface area contributed by atoms with Crippen molar-refractivity contribution in [3.05, 3.63) is 0 Å². The minimum atomic E-state index is -1.82. The largest absolute Gasteiger partial charge is 0.459 e. The van der Waals surface area contributed by atoms with E-state index >= 15 is 0 Å². The maximum Gasteiger partial charge on any atom is 0.311 e. The molecule has 63 heavy (non-hydrogen) atoms. The zero-order chi connectivity index (χ0) is 47.2. The average molecular weight is 937 g/mol. The van der Waals surface area contributed by atoms with E-state index < -0.39 is 96.0 Å². The molecule has 4 N–H and O–H groups in total. The van der Waals surface area contributed by atoms with Crippen LogP contribution in [-0.2, 0) is 42.7 Å². The van der Waals surface area contributed by atoms with Crippen LogP contribution in [0.5, 0.6) is 0 Å². The molecule has 368 valence electrons. The van der Waals surface area contributed by atoms with Gasteiger partial charge >= 0.3 is 11.9 Å². The number of nitrogens with zero attached hydrogens (tertiary/aromatic N) is 2. The van der Waals surface area contributed by atoms with Crippen LogP contribution in [0.15, 0.2) is 0 Å². The first-order chi connectivity index (χ1) is 29.4. The van der Waals surface area contributed by atoms with Crippen molar-refractivity contribution in [3.63, 3.8) is 0 Å². The Hall–Kier alpha value is -0.800. The molecule has 1 unspecified atom stereocenters. The van der Waals surface area contributed by atoms with Gasteiger partial charge in [0, 0.05) is 49.5 Å². The van der Waals surface area contributed by atoms with Crippen LogP contribution in [0.1, 0.15) is 127 Å². The van der Waals surface area contributed by atoms with Gasteiger partial charge in [-0.25, -0.2) is 0 Å². The fourth-order valence-electron chi connectivity index (χ4n) is 10.3. The van der Waals surface area contributed by atoms with E-state index in [4.69, 9.17) is 33.2 Å². The average Bonchev–Trinajstić information content (AvgIpc) is 3.74. The predicted molar refractivity (Wildman–Crippen MR) is 245 cm³/mol. The van der Waals surface area contributed by atoms with Gasteiger partial charge in [0.25, 0.3) is 0 Å². The summed E-state index contributed by atoms with van der Waals surface area (Å²) < 4.78 is 45.0. The molecule has 4 saturated heterocycles. The van der Waals surface area contributed by atoms with Crippen LogP contribution in [0.3, 0.4) is 0 Å². The second kappa shape index (κ2) is 23.5. The molecule has 19 atom stereocenters. The summed E-state index contributed by atoms with van der Waals surface area (Å²) in [6, 6.07) is -0.829. The molecule has 4 fully saturated rings. The fraction of sp³-hybridized carbons (Fsp3) is 0.957. The third kappa shape index (κ3) is 13.9. The summed E-state index contributed by atoms with van der Waals surface area (Å²) in [5.41, 5.74) is -4.47. The van der Waals surface area contributed by atoms with Crippen molar-refractivity contribution in [3.8, 4) is 0 Å². The SMILES string of the molecule is CC[C@H]1OC(=O)[C@H](C)[C@@H](O[C@H]2C[C@@](C)(OC)[C@@H](O)[C@H](C)O2)[C@H](C)[C@@H](O[C@@H]2O[C@H](C)C[C@H](N(C)C)[C@H]2OC(=O)CCCC[C@@H]2CCSS2)C(C)(O)C[C@@H](C)CN(C)[C@H](C)[C@@H](O)[C@]1(C)O. The Bertz CT molecular complexity index is 1440. The van der Waals surface area contributed by atoms with Gasteiger partial charge in [-0.3, -0.25) is 9.59 Å². The van der Waals surface area contributed by atoms with E-state index in [1.807, 2.05) is 80.2 Å². The molecule has 17 heteroatoms. The summed E-state index contributed by atoms with van der Waals surface area (Å²) in [6.07, 6.45) is -4.13. The summed E-state index contributed by atoms with van der Waals surface area (Å²) in [7, 11) is 11.1. The number of cyclic esters (lactones) is 1. The van der Waals surface area contributed by atoms with Crippen LogP contribution >= 0.6 is 21.6 Å². The number of aliphatic hydroxyl groups excluding tert-OH is 2. The Morgan fingerprint density at radius 1 is 0.968 bits per heavy atom. The summed E-state index contributed by atoms with van der Waals surface area (Å²) >= 11 is 0. The first-order valence-corrected chi connectivity index (χ1v) is 25.8. The zero-order valence-corrected chi connectivity index (χ0v) is 42.3. The highest BCUT2D eigenvalue weighted by Crippen LogP contribution is 2.42. The summed E-state index contributed by atoms with van der Waals surface area (Å²) in [4.78, 5) is 32.1. The van der Waals surface area contributed by atoms with Gasteiger partial charge in [0.05, 0.1) is 47.6 Å². The van der Waals surface area contributed by atoms with Crippen molar-refractivity contribution in [2.24, 2.45) is 17.8 Å². The number of carbonyl (C=O) groups excluding carboxylic acids is 2. The Balaban J connectivity index is 1.78. The minimum Gasteiger partial charge on any atom is -0.459 e. The number of unbranched alkanes of at least 4 members (excludes halogenated alkanes) is 1. The highest BCUT2D eigenvalue weighted by atomic mass is 33.1. The monoisotopic (exact) mass is 937 g/mol. The number of ether oxygens (including phenoxy) is 7. The maximum absolute atomic E-state index is 14.5. The molecule has 0 amide bonds. The number of hydrogen-bond acceptors (Lipinski definition) is 17. The predicted octanol–water partition coefficient (Wildman–Crippen LogP) is 5.17. The highest BCUT2D eigenvalue weighted by molar-refractivity contribution is 8.77. The van der Waals surface area contributed by atoms with Gasteiger partial charge in [-0.05, 0) is 114 Å². The van der Waals surface area contributed by atoms with Gasteiger partial charge in [0.1, 0.15) is 23.9 Å². The normalized spacial score (nSPS) is 45.3. The number of methoxy groups -OCH3 is 1. The number of rotatable bonds is 13. The molecule has 0 aromatic carbocycles. The zero-order valence-electron chi connectivity index (χ0n) is 40.7. The minimum absolute atomic E-state index is 0.117. The van der Waals surface area contributed by atoms with Crippen molar-refractivity contribution in [2.45, 2.75) is 223 Å². The molecular formula is C46H84N2O13S2. The van der Waals surface area contributed by atoms with Crippen molar-refractivity contribution >= 4 is 33.5 Å². The molecule has 0 aliphatic carbocycles. The van der Waals surface area contributed by atoms with Crippen molar-refractivity contribution < 1.29 is 63.2 Å². The number of carbonyl (C=O) groups is 2. The van der Waals surface area contributed by atoms with E-state index in [1.165, 1.54) is 26.2 Å². The van der Waals surface area contributed by atoms with Crippen molar-refractivity contribution in [2.75, 3.05) is 40.6 Å². The molecular weight excluding hydrogens is 853 g/mol. The van der Waals surface area contributed by atoms with Gasteiger partial charge in [0.15, 0.2) is 18.7 Å². The number of hydrogen-bond donors (Lipinski definition) is 4. The van der Waals surface area contributed by atoms with Gasteiger partial charge in [-0.15, -0.1) is 0 Å². The third-order valence-electron chi connectivity index (χ3n) is 14.3. The lowest BCUT2D eigenvalue weighted by molar-refractivity contribution is -0.319. The van der Waals surface area contributed by atoms with E-state index in [-0.39, 0.29) is 49.7 Å². The second-order valence-electron chi connectivity index (χ2n) is 20.2. The van der Waals surface area contributed by atoms with Crippen molar-refractivity contribution in [1.29, 1.82) is 0 Å². The third-order valence-corrected chi connectivity index (χ3v) is 17.3. The first kappa shape index (κ1) is 54.8. The molecule has 15 nitrogen and oxygen atoms in total. The maximum atomic E-state index is 14.5. The van der Waals surface area contributed by atoms with E-state index in [2.05, 4.69) is 0 Å². The topological polar surface area (TPSA) is 186 Å². The smallest absolute Gasteiger partial charge is 0.311 e. The van der Waals surface area contributed by atoms with Gasteiger partial charge in [-0.2, -0.15) is 0 Å². The van der Waals surface area contributed by atoms with Crippen LogP contribution in [0, 0.1) is 17.8 Å². The molecule has 0 aromatic rings. The lowest BCUT2D eigenvalue weighted by Gasteiger charge is -2.49. The molecule has 4 rings (SSSR count). The lowest BCUT2D eigenvalue weighted by Crippen LogP contribution is -2.61. The fourth-order valence-corrected chi connectivity index (χ4v) is 13.3. The van der Waals surface area contributed by atoms with Crippen LogP contribution < -0.4 is 0 Å². The molecule has 0 saturated carbocycles. The molecule has 0 spiro atoms. The first-order valence-electron chi connectivity index (χ1n) is 23.4. The summed E-state index contributed by atoms with van der Waals surface area (Å²) in [5, 5.41) is 48.1. The summed E-state index contributed by atoms with van der Waals surface area (Å²) in [6.45, 7) is 18.2. The van der Waals surface area contributed by atoms with Crippen LogP contribution in [0.4, 0.5) is 0 Å². The molecule has 0 radical (unpaired) electrons. The Labute approximate surface area is 386 Å². The van der Waals surface area contributed by atoms with E-state index in [1.54, 1.807) is 34.6 Å². The Morgan fingerprint density at radius 2 is 1.65 bits per heavy atom. The Kier molecular flexibility index (Phi) is 20.4. The van der Waals surface area contributed by atoms with Gasteiger partial charge in [0.2, 0.25) is 0 Å². The van der Waals surface area contributed by atoms with Crippen LogP contribution in [0.25, 0.3) is 0 Å². The standard InChI is InChI=1S/C46H84N2O13S2/c1-15-34-46(10,54)39(50)30(6)48(13)25-26(2)23-44(8,53)41(28(4)37(29(5)42(52)58-34)60-36-24-45(9,55-14)40(51)31(7)57-36)61-43-38(33(47(11)12)22-27(3)56-43)59-35(49)19-17-16-18-32-20-21-62-63-32/h26-34,36-41,43,50-51,53-54H,15-25H2,1-14H3/t26-,27-,28+,29-,30-,31+,32-,33+,34-,36+,37+,38-,39-,40+,41-,43+,44?,45-,46-/m1/s1. The van der Waals surface area contributed by atoms with Crippen LogP contribution in [-0.4, -0.2) is 178 Å². The lowest BCUT2D eigenvalue weighted by atomic mass is 9.77. The van der Waals surface area contributed by atoms with E-state index in [9.17, 15) is 30.0 Å². The summed E-state index contributed by atoms with van der Waals surface area (Å²) in [5.74, 6) is -1.87. The van der Waals surface area contributed by atoms with Gasteiger partial charge < -0.3 is 63.4 Å². The molecule has 4 heterocycles. The highest BCUT2D eigenvalue weighted by Gasteiger charge is 2.53. The number of aliphatic hydroxyl groups is 4. The van der Waals surface area contributed by atoms with Crippen molar-refractivity contribution in [1.82, 2.24) is 9.80 Å². The van der Waals surface area contributed by atoms with Gasteiger partial charge in [-0.1, -0.05) is 48.8 Å². The molecule has 0 bridgehead atoms. The molecule has 4 aliphatic heterocycles. The number of esters is 2. The van der Waals surface area contributed by atoms with E-state index in [0.29, 0.717) is 24.6 Å². The molecule has 0 aromatic heterocycles.